The van der Waals surface area contributed by atoms with E-state index < -0.39 is 0 Å². The molecular weight excluding hydrogens is 276 g/mol. The van der Waals surface area contributed by atoms with Gasteiger partial charge in [-0.3, -0.25) is 0 Å². The van der Waals surface area contributed by atoms with Gasteiger partial charge in [-0.05, 0) is 63.2 Å². The van der Waals surface area contributed by atoms with Crippen molar-refractivity contribution in [2.45, 2.75) is 33.6 Å². The Bertz CT molecular complexity index is 961. The van der Waals surface area contributed by atoms with Gasteiger partial charge >= 0.3 is 0 Å². The largest absolute Gasteiger partial charge is 0.0909 e. The van der Waals surface area contributed by atoms with Crippen LogP contribution in [0.25, 0.3) is 34.6 Å². The van der Waals surface area contributed by atoms with Crippen LogP contribution in [0.2, 0.25) is 0 Å². The van der Waals surface area contributed by atoms with Crippen LogP contribution in [0.5, 0.6) is 0 Å². The molecule has 3 aromatic rings. The molecule has 3 aromatic carbocycles. The zero-order valence-electron chi connectivity index (χ0n) is 14.5. The van der Waals surface area contributed by atoms with Crippen LogP contribution in [0.3, 0.4) is 0 Å². The Balaban J connectivity index is 2.54. The van der Waals surface area contributed by atoms with Crippen molar-refractivity contribution in [3.63, 3.8) is 0 Å². The summed E-state index contributed by atoms with van der Waals surface area (Å²) in [5.74, 6) is 0.525. The van der Waals surface area contributed by atoms with E-state index in [1.165, 1.54) is 38.2 Å². The van der Waals surface area contributed by atoms with Gasteiger partial charge in [-0.1, -0.05) is 75.0 Å². The van der Waals surface area contributed by atoms with Gasteiger partial charge in [0, 0.05) is 0 Å². The summed E-state index contributed by atoms with van der Waals surface area (Å²) < 4.78 is 0. The second-order valence-corrected chi connectivity index (χ2v) is 6.51. The number of hydrogen-bond acceptors (Lipinski definition) is 0. The Kier molecular flexibility index (Phi) is 4.09. The first-order valence-electron chi connectivity index (χ1n) is 8.31. The van der Waals surface area contributed by atoms with E-state index in [2.05, 4.69) is 88.9 Å². The summed E-state index contributed by atoms with van der Waals surface area (Å²) in [5, 5.41) is 5.02. The maximum Gasteiger partial charge on any atom is -0.00698 e. The van der Waals surface area contributed by atoms with E-state index in [9.17, 15) is 0 Å². The lowest BCUT2D eigenvalue weighted by molar-refractivity contribution is 0.869. The Morgan fingerprint density at radius 2 is 1.65 bits per heavy atom. The van der Waals surface area contributed by atoms with E-state index in [0.29, 0.717) is 5.92 Å². The molecule has 0 atom stereocenters. The van der Waals surface area contributed by atoms with Gasteiger partial charge < -0.3 is 0 Å². The van der Waals surface area contributed by atoms with E-state index in [4.69, 9.17) is 0 Å². The lowest BCUT2D eigenvalue weighted by Gasteiger charge is -2.15. The summed E-state index contributed by atoms with van der Waals surface area (Å²) in [4.78, 5) is 0. The predicted octanol–water partition coefficient (Wildman–Crippen LogP) is 5.15. The highest BCUT2D eigenvalue weighted by Crippen LogP contribution is 2.30. The topological polar surface area (TPSA) is 0 Å². The molecule has 23 heavy (non-hydrogen) atoms. The van der Waals surface area contributed by atoms with Crippen molar-refractivity contribution >= 4 is 23.4 Å². The van der Waals surface area contributed by atoms with Gasteiger partial charge in [-0.25, -0.2) is 0 Å². The van der Waals surface area contributed by atoms with Gasteiger partial charge in [0.1, 0.15) is 0 Å². The summed E-state index contributed by atoms with van der Waals surface area (Å²) in [7, 11) is 0. The lowest BCUT2D eigenvalue weighted by Crippen LogP contribution is -2.27. The van der Waals surface area contributed by atoms with Crippen molar-refractivity contribution < 1.29 is 0 Å². The van der Waals surface area contributed by atoms with Gasteiger partial charge in [0.15, 0.2) is 0 Å². The quantitative estimate of drug-likeness (QED) is 0.614. The molecule has 0 saturated heterocycles. The van der Waals surface area contributed by atoms with Crippen molar-refractivity contribution in [3.05, 3.63) is 70.1 Å². The van der Waals surface area contributed by atoms with Crippen LogP contribution >= 0.6 is 0 Å². The van der Waals surface area contributed by atoms with Gasteiger partial charge in [-0.2, -0.15) is 0 Å². The Labute approximate surface area is 138 Å². The number of benzene rings is 3. The molecule has 0 aliphatic carbocycles. The van der Waals surface area contributed by atoms with Crippen LogP contribution in [0.1, 0.15) is 37.8 Å². The summed E-state index contributed by atoms with van der Waals surface area (Å²) in [6, 6.07) is 17.5. The molecule has 0 aliphatic heterocycles. The molecule has 0 heteroatoms. The highest BCUT2D eigenvalue weighted by Gasteiger charge is 2.11. The van der Waals surface area contributed by atoms with Crippen molar-refractivity contribution in [2.24, 2.45) is 0 Å². The van der Waals surface area contributed by atoms with Crippen LogP contribution in [-0.4, -0.2) is 0 Å². The fraction of sp³-hybridized carbons (Fsp3) is 0.217. The highest BCUT2D eigenvalue weighted by atomic mass is 14.2. The predicted molar refractivity (Wildman–Crippen MR) is 103 cm³/mol. The van der Waals surface area contributed by atoms with Crippen LogP contribution in [-0.2, 0) is 0 Å². The fourth-order valence-corrected chi connectivity index (χ4v) is 3.39. The fourth-order valence-electron chi connectivity index (χ4n) is 3.39. The van der Waals surface area contributed by atoms with Crippen molar-refractivity contribution in [3.8, 4) is 11.1 Å². The second kappa shape index (κ2) is 6.04. The first-order valence-corrected chi connectivity index (χ1v) is 8.31. The molecule has 0 spiro atoms. The van der Waals surface area contributed by atoms with E-state index in [0.717, 1.165) is 5.22 Å². The van der Waals surface area contributed by atoms with E-state index >= 15 is 0 Å². The molecule has 0 radical (unpaired) electrons. The van der Waals surface area contributed by atoms with Crippen molar-refractivity contribution in [2.75, 3.05) is 0 Å². The average Bonchev–Trinajstić information content (AvgIpc) is 2.56. The highest BCUT2D eigenvalue weighted by molar-refractivity contribution is 5.99. The molecule has 0 fully saturated rings. The number of hydrogen-bond donors (Lipinski definition) is 0. The Morgan fingerprint density at radius 1 is 0.957 bits per heavy atom. The van der Waals surface area contributed by atoms with Crippen LogP contribution < -0.4 is 10.4 Å². The summed E-state index contributed by atoms with van der Waals surface area (Å²) in [6.45, 7) is 13.1. The normalized spacial score (nSPS) is 12.3. The maximum atomic E-state index is 4.35. The average molecular weight is 300 g/mol. The van der Waals surface area contributed by atoms with Crippen molar-refractivity contribution in [1.29, 1.82) is 0 Å². The van der Waals surface area contributed by atoms with E-state index in [1.807, 2.05) is 0 Å². The smallest absolute Gasteiger partial charge is 0.00698 e. The Hall–Kier alpha value is -2.34. The van der Waals surface area contributed by atoms with Gasteiger partial charge in [0.25, 0.3) is 0 Å². The minimum absolute atomic E-state index is 0.525. The van der Waals surface area contributed by atoms with Gasteiger partial charge in [-0.15, -0.1) is 0 Å². The lowest BCUT2D eigenvalue weighted by atomic mass is 9.89. The zero-order chi connectivity index (χ0) is 16.6. The summed E-state index contributed by atoms with van der Waals surface area (Å²) in [6.07, 6.45) is 2.18. The molecule has 3 rings (SSSR count). The molecule has 0 heterocycles. The molecule has 0 amide bonds. The van der Waals surface area contributed by atoms with Crippen molar-refractivity contribution in [1.82, 2.24) is 0 Å². The van der Waals surface area contributed by atoms with Gasteiger partial charge in [0.05, 0.1) is 0 Å². The first kappa shape index (κ1) is 15.6. The monoisotopic (exact) mass is 300 g/mol. The third-order valence-corrected chi connectivity index (χ3v) is 4.77. The van der Waals surface area contributed by atoms with Gasteiger partial charge in [0.2, 0.25) is 0 Å². The third-order valence-electron chi connectivity index (χ3n) is 4.77. The molecular formula is C23H24. The molecule has 0 aliphatic rings. The van der Waals surface area contributed by atoms with Crippen LogP contribution in [0.15, 0.2) is 48.5 Å². The summed E-state index contributed by atoms with van der Waals surface area (Å²) >= 11 is 0. The molecule has 0 unspecified atom stereocenters. The number of rotatable bonds is 2. The molecule has 0 bridgehead atoms. The standard InChI is InChI=1S/C23H24/c1-6-20-16(4)17(5)23(18-10-8-7-9-11-18)22-14-19(15(2)3)12-13-21(20)22/h6-15H,4H2,1-3,5H3/b20-6+. The van der Waals surface area contributed by atoms with E-state index in [-0.39, 0.29) is 0 Å². The van der Waals surface area contributed by atoms with Crippen LogP contribution in [0, 0.1) is 6.92 Å². The molecule has 0 saturated carbocycles. The summed E-state index contributed by atoms with van der Waals surface area (Å²) in [5.41, 5.74) is 5.24. The molecule has 0 N–H and O–H groups in total. The Morgan fingerprint density at radius 3 is 2.26 bits per heavy atom. The molecule has 116 valence electrons. The minimum Gasteiger partial charge on any atom is -0.0909 e. The van der Waals surface area contributed by atoms with E-state index in [1.54, 1.807) is 0 Å². The number of fused-ring (bicyclic) bond motifs is 1. The molecule has 0 aromatic heterocycles. The first-order chi connectivity index (χ1) is 11.0. The third kappa shape index (κ3) is 2.59. The second-order valence-electron chi connectivity index (χ2n) is 6.51. The SMILES string of the molecule is C=c1c(C)c(-c2ccccc2)c2cc(C(C)C)ccc2/c1=C/C. The minimum atomic E-state index is 0.525. The van der Waals surface area contributed by atoms with Crippen LogP contribution in [0.4, 0.5) is 0 Å². The maximum absolute atomic E-state index is 4.35. The molecule has 0 nitrogen and oxygen atoms in total. The zero-order valence-corrected chi connectivity index (χ0v) is 14.5.